The SMILES string of the molecule is COc1ccc(N2C(=O)[C@H]3[C@H]4C[C@@H]([C@@H]3C2=O)[C@H]2[C@H](c3ccc(OCC(C)C)c(OC)c3)c3sc(=O)[nH]c3S[C@H]42)cc1. The smallest absolute Gasteiger partial charge is 0.305 e. The summed E-state index contributed by atoms with van der Waals surface area (Å²) in [5, 5.41) is 1.01. The van der Waals surface area contributed by atoms with Gasteiger partial charge in [-0.25, -0.2) is 0 Å². The summed E-state index contributed by atoms with van der Waals surface area (Å²) in [7, 11) is 3.23. The van der Waals surface area contributed by atoms with Crippen molar-refractivity contribution in [2.24, 2.45) is 35.5 Å². The summed E-state index contributed by atoms with van der Waals surface area (Å²) in [6.07, 6.45) is 0.841. The maximum Gasteiger partial charge on any atom is 0.305 e. The van der Waals surface area contributed by atoms with E-state index >= 15 is 0 Å². The fourth-order valence-electron chi connectivity index (χ4n) is 7.63. The number of fused-ring (bicyclic) bond motifs is 9. The molecular formula is C31H32N2O6S2. The summed E-state index contributed by atoms with van der Waals surface area (Å²) in [4.78, 5) is 45.8. The number of amides is 2. The Balaban J connectivity index is 1.27. The largest absolute Gasteiger partial charge is 0.497 e. The molecule has 1 saturated heterocycles. The molecule has 7 atom stereocenters. The molecule has 3 fully saturated rings. The number of benzene rings is 2. The number of ether oxygens (including phenoxy) is 3. The zero-order chi connectivity index (χ0) is 28.6. The first-order valence-corrected chi connectivity index (χ1v) is 15.7. The van der Waals surface area contributed by atoms with Crippen LogP contribution in [0.2, 0.25) is 0 Å². The van der Waals surface area contributed by atoms with Crippen LogP contribution in [0.15, 0.2) is 52.3 Å². The average Bonchev–Trinajstić information content (AvgIpc) is 3.70. The van der Waals surface area contributed by atoms with Crippen molar-refractivity contribution in [3.05, 3.63) is 62.6 Å². The van der Waals surface area contributed by atoms with Crippen LogP contribution in [-0.2, 0) is 9.59 Å². The number of aromatic amines is 1. The van der Waals surface area contributed by atoms with E-state index in [1.165, 1.54) is 16.2 Å². The Bertz CT molecular complexity index is 1580. The third kappa shape index (κ3) is 4.05. The van der Waals surface area contributed by atoms with Crippen LogP contribution in [-0.4, -0.2) is 42.9 Å². The molecule has 0 unspecified atom stereocenters. The number of H-pyrrole nitrogens is 1. The summed E-state index contributed by atoms with van der Waals surface area (Å²) in [5.74, 6) is 1.63. The van der Waals surface area contributed by atoms with Crippen LogP contribution in [0, 0.1) is 35.5 Å². The number of rotatable bonds is 7. The van der Waals surface area contributed by atoms with E-state index < -0.39 is 0 Å². The minimum absolute atomic E-state index is 0.0420. The molecule has 0 spiro atoms. The molecule has 3 heterocycles. The zero-order valence-electron chi connectivity index (χ0n) is 23.3. The van der Waals surface area contributed by atoms with Crippen molar-refractivity contribution in [1.82, 2.24) is 4.98 Å². The van der Waals surface area contributed by atoms with Crippen LogP contribution < -0.4 is 24.0 Å². The second-order valence-electron chi connectivity index (χ2n) is 11.8. The van der Waals surface area contributed by atoms with Gasteiger partial charge in [0, 0.05) is 16.0 Å². The Kier molecular flexibility index (Phi) is 6.46. The molecule has 2 amide bonds. The highest BCUT2D eigenvalue weighted by molar-refractivity contribution is 8.00. The Hall–Kier alpha value is -3.24. The number of hydrogen-bond acceptors (Lipinski definition) is 8. The lowest BCUT2D eigenvalue weighted by Crippen LogP contribution is -2.42. The lowest BCUT2D eigenvalue weighted by atomic mass is 9.68. The van der Waals surface area contributed by atoms with Crippen molar-refractivity contribution in [1.29, 1.82) is 0 Å². The number of nitrogens with one attached hydrogen (secondary N) is 1. The second-order valence-corrected chi connectivity index (χ2v) is 14.0. The molecule has 7 rings (SSSR count). The molecule has 1 aromatic heterocycles. The van der Waals surface area contributed by atoms with E-state index in [0.717, 1.165) is 21.9 Å². The number of nitrogens with zero attached hydrogens (tertiary/aromatic N) is 1. The number of aromatic nitrogens is 1. The van der Waals surface area contributed by atoms with Crippen molar-refractivity contribution >= 4 is 40.6 Å². The van der Waals surface area contributed by atoms with Gasteiger partial charge in [-0.15, -0.1) is 11.8 Å². The molecular weight excluding hydrogens is 560 g/mol. The highest BCUT2D eigenvalue weighted by atomic mass is 32.2. The van der Waals surface area contributed by atoms with Crippen molar-refractivity contribution in [2.75, 3.05) is 25.7 Å². The number of thioether (sulfide) groups is 1. The highest BCUT2D eigenvalue weighted by Crippen LogP contribution is 2.68. The van der Waals surface area contributed by atoms with Gasteiger partial charge in [0.15, 0.2) is 11.5 Å². The third-order valence-corrected chi connectivity index (χ3v) is 11.8. The van der Waals surface area contributed by atoms with Gasteiger partial charge in [-0.05, 0) is 72.1 Å². The van der Waals surface area contributed by atoms with E-state index in [4.69, 9.17) is 14.2 Å². The fourth-order valence-corrected chi connectivity index (χ4v) is 10.5. The minimum atomic E-state index is -0.355. The minimum Gasteiger partial charge on any atom is -0.497 e. The molecule has 2 aromatic carbocycles. The molecule has 2 bridgehead atoms. The van der Waals surface area contributed by atoms with Crippen LogP contribution in [0.25, 0.3) is 0 Å². The molecule has 2 aliphatic heterocycles. The highest BCUT2D eigenvalue weighted by Gasteiger charge is 2.69. The first-order valence-electron chi connectivity index (χ1n) is 14.0. The summed E-state index contributed by atoms with van der Waals surface area (Å²) in [5.41, 5.74) is 1.63. The number of methoxy groups -OCH3 is 2. The van der Waals surface area contributed by atoms with Crippen molar-refractivity contribution in [3.8, 4) is 17.2 Å². The van der Waals surface area contributed by atoms with Gasteiger partial charge in [-0.3, -0.25) is 19.3 Å². The number of hydrogen-bond donors (Lipinski definition) is 1. The molecule has 2 aliphatic carbocycles. The first-order chi connectivity index (χ1) is 19.8. The number of thiazole rings is 1. The standard InChI is InChI=1S/C31H32N2O6S2/c1-14(2)13-39-20-10-5-15(11-21(20)38-4)22-23-18-12-19(26(23)40-28-27(22)41-31(36)32-28)25-24(18)29(34)33(30(25)35)16-6-8-17(37-3)9-7-16/h5-11,14,18-19,22-26H,12-13H2,1-4H3,(H,32,36)/t18-,19-,22+,23+,24+,25+,26-/m1/s1. The molecule has 1 N–H and O–H groups in total. The van der Waals surface area contributed by atoms with E-state index in [2.05, 4.69) is 24.9 Å². The summed E-state index contributed by atoms with van der Waals surface area (Å²) in [6, 6.07) is 13.2. The number of carbonyl (C=O) groups is 2. The molecule has 214 valence electrons. The lowest BCUT2D eigenvalue weighted by molar-refractivity contribution is -0.123. The van der Waals surface area contributed by atoms with Crippen LogP contribution in [0.1, 0.15) is 36.6 Å². The quantitative estimate of drug-likeness (QED) is 0.378. The summed E-state index contributed by atoms with van der Waals surface area (Å²) >= 11 is 2.94. The Labute approximate surface area is 246 Å². The predicted molar refractivity (Wildman–Crippen MR) is 157 cm³/mol. The Morgan fingerprint density at radius 3 is 2.37 bits per heavy atom. The normalized spacial score (nSPS) is 29.5. The van der Waals surface area contributed by atoms with Gasteiger partial charge in [0.25, 0.3) is 0 Å². The summed E-state index contributed by atoms with van der Waals surface area (Å²) < 4.78 is 17.0. The van der Waals surface area contributed by atoms with Crippen LogP contribution in [0.4, 0.5) is 5.69 Å². The number of imide groups is 1. The monoisotopic (exact) mass is 592 g/mol. The maximum atomic E-state index is 14.0. The molecule has 8 nitrogen and oxygen atoms in total. The van der Waals surface area contributed by atoms with Crippen molar-refractivity contribution < 1.29 is 23.8 Å². The first kappa shape index (κ1) is 26.6. The number of carbonyl (C=O) groups excluding carboxylic acids is 2. The molecule has 4 aliphatic rings. The third-order valence-electron chi connectivity index (χ3n) is 9.17. The summed E-state index contributed by atoms with van der Waals surface area (Å²) in [6.45, 7) is 4.78. The van der Waals surface area contributed by atoms with E-state index in [9.17, 15) is 14.4 Å². The van der Waals surface area contributed by atoms with Crippen LogP contribution in [0.3, 0.4) is 0 Å². The number of anilines is 1. The second kappa shape index (κ2) is 9.94. The van der Waals surface area contributed by atoms with Gasteiger partial charge in [-0.2, -0.15) is 0 Å². The Morgan fingerprint density at radius 1 is 0.951 bits per heavy atom. The molecule has 41 heavy (non-hydrogen) atoms. The van der Waals surface area contributed by atoms with Crippen molar-refractivity contribution in [2.45, 2.75) is 36.5 Å². The molecule has 2 saturated carbocycles. The maximum absolute atomic E-state index is 14.0. The topological polar surface area (TPSA) is 97.9 Å². The van der Waals surface area contributed by atoms with Gasteiger partial charge in [0.1, 0.15) is 5.75 Å². The van der Waals surface area contributed by atoms with Gasteiger partial charge in [-0.1, -0.05) is 31.3 Å². The van der Waals surface area contributed by atoms with Crippen LogP contribution >= 0.6 is 23.1 Å². The van der Waals surface area contributed by atoms with Crippen LogP contribution in [0.5, 0.6) is 17.2 Å². The molecule has 10 heteroatoms. The zero-order valence-corrected chi connectivity index (χ0v) is 24.9. The van der Waals surface area contributed by atoms with Gasteiger partial charge < -0.3 is 19.2 Å². The van der Waals surface area contributed by atoms with E-state index in [1.807, 2.05) is 12.1 Å². The predicted octanol–water partition coefficient (Wildman–Crippen LogP) is 5.17. The van der Waals surface area contributed by atoms with E-state index in [-0.39, 0.29) is 57.4 Å². The van der Waals surface area contributed by atoms with E-state index in [0.29, 0.717) is 35.5 Å². The van der Waals surface area contributed by atoms with Gasteiger partial charge in [0.2, 0.25) is 11.8 Å². The van der Waals surface area contributed by atoms with Gasteiger partial charge in [0.05, 0.1) is 43.4 Å². The van der Waals surface area contributed by atoms with Gasteiger partial charge >= 0.3 is 4.87 Å². The molecule has 0 radical (unpaired) electrons. The Morgan fingerprint density at radius 2 is 1.68 bits per heavy atom. The molecule has 3 aromatic rings. The van der Waals surface area contributed by atoms with Crippen molar-refractivity contribution in [3.63, 3.8) is 0 Å². The fraction of sp³-hybridized carbons (Fsp3) is 0.452. The lowest BCUT2D eigenvalue weighted by Gasteiger charge is -2.43. The van der Waals surface area contributed by atoms with E-state index in [1.54, 1.807) is 50.2 Å². The average molecular weight is 593 g/mol.